The predicted octanol–water partition coefficient (Wildman–Crippen LogP) is 4.67. The van der Waals surface area contributed by atoms with E-state index in [0.717, 1.165) is 5.56 Å². The van der Waals surface area contributed by atoms with Gasteiger partial charge in [0.2, 0.25) is 0 Å². The normalized spacial score (nSPS) is 12.8. The van der Waals surface area contributed by atoms with Crippen LogP contribution in [0.25, 0.3) is 22.6 Å². The van der Waals surface area contributed by atoms with Crippen molar-refractivity contribution in [2.75, 3.05) is 12.0 Å². The molecule has 1 amide bonds. The highest BCUT2D eigenvalue weighted by Gasteiger charge is 2.30. The van der Waals surface area contributed by atoms with Crippen LogP contribution in [0, 0.1) is 5.82 Å². The Bertz CT molecular complexity index is 1460. The summed E-state index contributed by atoms with van der Waals surface area (Å²) in [5, 5.41) is 8.19. The van der Waals surface area contributed by atoms with Gasteiger partial charge in [-0.1, -0.05) is 18.2 Å². The van der Waals surface area contributed by atoms with Crippen LogP contribution in [0.15, 0.2) is 60.9 Å². The number of fused-ring (bicyclic) bond motifs is 1. The maximum absolute atomic E-state index is 14.6. The molecule has 0 saturated heterocycles. The summed E-state index contributed by atoms with van der Waals surface area (Å²) in [6, 6.07) is 14.8. The number of pyridine rings is 1. The second-order valence-electron chi connectivity index (χ2n) is 8.49. The van der Waals surface area contributed by atoms with Crippen LogP contribution < -0.4 is 4.90 Å². The molecule has 0 spiro atoms. The number of hydrogen-bond acceptors (Lipinski definition) is 6. The molecular weight excluding hydrogens is 449 g/mol. The van der Waals surface area contributed by atoms with Gasteiger partial charge in [-0.15, -0.1) is 10.2 Å². The van der Waals surface area contributed by atoms with Crippen LogP contribution in [-0.2, 0) is 11.3 Å². The first-order valence-electron chi connectivity index (χ1n) is 11.1. The first kappa shape index (κ1) is 22.4. The van der Waals surface area contributed by atoms with Gasteiger partial charge >= 0.3 is 5.97 Å². The topological polar surface area (TPSA) is 90.2 Å². The Balaban J connectivity index is 1.48. The van der Waals surface area contributed by atoms with E-state index in [2.05, 4.69) is 15.2 Å². The van der Waals surface area contributed by atoms with Gasteiger partial charge in [0.05, 0.1) is 19.2 Å². The number of esters is 1. The van der Waals surface area contributed by atoms with Crippen molar-refractivity contribution in [2.24, 2.45) is 0 Å². The molecule has 0 radical (unpaired) electrons. The molecule has 1 aliphatic heterocycles. The fraction of sp³-hybridized carbons (Fsp3) is 0.192. The molecule has 5 rings (SSSR count). The average Bonchev–Trinajstić information content (AvgIpc) is 3.49. The highest BCUT2D eigenvalue weighted by atomic mass is 19.1. The molecule has 0 unspecified atom stereocenters. The molecule has 0 N–H and O–H groups in total. The monoisotopic (exact) mass is 471 g/mol. The van der Waals surface area contributed by atoms with E-state index in [0.29, 0.717) is 35.0 Å². The zero-order chi connectivity index (χ0) is 24.7. The van der Waals surface area contributed by atoms with Crippen molar-refractivity contribution >= 4 is 17.7 Å². The highest BCUT2D eigenvalue weighted by Crippen LogP contribution is 2.33. The Morgan fingerprint density at radius 2 is 1.91 bits per heavy atom. The van der Waals surface area contributed by atoms with Gasteiger partial charge in [-0.3, -0.25) is 9.69 Å². The zero-order valence-corrected chi connectivity index (χ0v) is 19.4. The lowest BCUT2D eigenvalue weighted by atomic mass is 9.98. The Kier molecular flexibility index (Phi) is 5.60. The van der Waals surface area contributed by atoms with Gasteiger partial charge in [0, 0.05) is 17.2 Å². The SMILES string of the molecule is COC(=O)c1ccc(F)c(-c2ccc3c(c2)C(=O)N(c2cccc(-c4nncn4C(C)C)n2)C3)c1. The van der Waals surface area contributed by atoms with Crippen molar-refractivity contribution in [3.63, 3.8) is 0 Å². The molecule has 0 atom stereocenters. The van der Waals surface area contributed by atoms with Crippen LogP contribution in [0.5, 0.6) is 0 Å². The second kappa shape index (κ2) is 8.75. The highest BCUT2D eigenvalue weighted by molar-refractivity contribution is 6.10. The van der Waals surface area contributed by atoms with E-state index in [1.807, 2.05) is 30.5 Å². The van der Waals surface area contributed by atoms with Crippen molar-refractivity contribution in [3.8, 4) is 22.6 Å². The summed E-state index contributed by atoms with van der Waals surface area (Å²) in [6.45, 7) is 4.39. The second-order valence-corrected chi connectivity index (χ2v) is 8.49. The maximum atomic E-state index is 14.6. The van der Waals surface area contributed by atoms with Gasteiger partial charge in [-0.25, -0.2) is 14.2 Å². The summed E-state index contributed by atoms with van der Waals surface area (Å²) in [6.07, 6.45) is 1.65. The third-order valence-corrected chi connectivity index (χ3v) is 5.98. The number of methoxy groups -OCH3 is 1. The molecule has 1 aliphatic rings. The summed E-state index contributed by atoms with van der Waals surface area (Å²) in [5.74, 6) is -0.185. The van der Waals surface area contributed by atoms with Gasteiger partial charge in [0.1, 0.15) is 23.7 Å². The van der Waals surface area contributed by atoms with Crippen LogP contribution in [0.2, 0.25) is 0 Å². The quantitative estimate of drug-likeness (QED) is 0.393. The van der Waals surface area contributed by atoms with Crippen molar-refractivity contribution in [1.29, 1.82) is 0 Å². The number of carbonyl (C=O) groups excluding carboxylic acids is 2. The molecule has 0 bridgehead atoms. The fourth-order valence-corrected chi connectivity index (χ4v) is 4.15. The van der Waals surface area contributed by atoms with Crippen molar-refractivity contribution in [1.82, 2.24) is 19.7 Å². The zero-order valence-electron chi connectivity index (χ0n) is 19.4. The number of aromatic nitrogens is 4. The summed E-state index contributed by atoms with van der Waals surface area (Å²) in [7, 11) is 1.27. The molecule has 4 aromatic rings. The first-order chi connectivity index (χ1) is 16.9. The Morgan fingerprint density at radius 1 is 1.09 bits per heavy atom. The number of hydrogen-bond donors (Lipinski definition) is 0. The van der Waals surface area contributed by atoms with Gasteiger partial charge in [0.15, 0.2) is 5.82 Å². The molecule has 2 aromatic heterocycles. The minimum Gasteiger partial charge on any atom is -0.465 e. The lowest BCUT2D eigenvalue weighted by Crippen LogP contribution is -2.24. The Hall–Kier alpha value is -4.40. The molecular formula is C26H22FN5O3. The number of amides is 1. The van der Waals surface area contributed by atoms with Crippen LogP contribution in [0.1, 0.15) is 46.2 Å². The smallest absolute Gasteiger partial charge is 0.337 e. The van der Waals surface area contributed by atoms with Crippen LogP contribution in [-0.4, -0.2) is 38.7 Å². The lowest BCUT2D eigenvalue weighted by Gasteiger charge is -2.16. The van der Waals surface area contributed by atoms with E-state index in [-0.39, 0.29) is 23.1 Å². The van der Waals surface area contributed by atoms with Crippen LogP contribution >= 0.6 is 0 Å². The molecule has 0 saturated carbocycles. The molecule has 3 heterocycles. The van der Waals surface area contributed by atoms with E-state index >= 15 is 0 Å². The molecule has 0 fully saturated rings. The molecule has 176 valence electrons. The lowest BCUT2D eigenvalue weighted by molar-refractivity contribution is 0.0600. The number of nitrogens with zero attached hydrogens (tertiary/aromatic N) is 5. The van der Waals surface area contributed by atoms with Gasteiger partial charge in [-0.05, 0) is 61.4 Å². The minimum absolute atomic E-state index is 0.152. The largest absolute Gasteiger partial charge is 0.465 e. The number of ether oxygens (including phenoxy) is 1. The Labute approximate surface area is 201 Å². The molecule has 35 heavy (non-hydrogen) atoms. The van der Waals surface area contributed by atoms with Crippen molar-refractivity contribution in [3.05, 3.63) is 83.4 Å². The number of rotatable bonds is 5. The maximum Gasteiger partial charge on any atom is 0.337 e. The summed E-state index contributed by atoms with van der Waals surface area (Å²) >= 11 is 0. The van der Waals surface area contributed by atoms with E-state index in [1.54, 1.807) is 35.5 Å². The molecule has 9 heteroatoms. The van der Waals surface area contributed by atoms with Crippen molar-refractivity contribution in [2.45, 2.75) is 26.4 Å². The van der Waals surface area contributed by atoms with Gasteiger partial charge in [0.25, 0.3) is 5.91 Å². The number of anilines is 1. The third kappa shape index (κ3) is 3.95. The first-order valence-corrected chi connectivity index (χ1v) is 11.1. The standard InChI is InChI=1S/C26H22FN5O3/c1-15(2)32-14-28-30-24(32)22-5-4-6-23(29-22)31-13-18-8-7-16(11-20(18)25(31)33)19-12-17(26(34)35-3)9-10-21(19)27/h4-12,14-15H,13H2,1-3H3. The average molecular weight is 471 g/mol. The number of benzene rings is 2. The molecule has 0 aliphatic carbocycles. The number of halogens is 1. The minimum atomic E-state index is -0.561. The summed E-state index contributed by atoms with van der Waals surface area (Å²) in [5.41, 5.74) is 2.82. The summed E-state index contributed by atoms with van der Waals surface area (Å²) < 4.78 is 21.3. The van der Waals surface area contributed by atoms with E-state index in [4.69, 9.17) is 4.74 Å². The van der Waals surface area contributed by atoms with Crippen molar-refractivity contribution < 1.29 is 18.7 Å². The van der Waals surface area contributed by atoms with Gasteiger partial charge < -0.3 is 9.30 Å². The predicted molar refractivity (Wildman–Crippen MR) is 127 cm³/mol. The molecule has 8 nitrogen and oxygen atoms in total. The third-order valence-electron chi connectivity index (χ3n) is 5.98. The van der Waals surface area contributed by atoms with Crippen LogP contribution in [0.3, 0.4) is 0 Å². The summed E-state index contributed by atoms with van der Waals surface area (Å²) in [4.78, 5) is 31.5. The Morgan fingerprint density at radius 3 is 2.69 bits per heavy atom. The van der Waals surface area contributed by atoms with Gasteiger partial charge in [-0.2, -0.15) is 0 Å². The fourth-order valence-electron chi connectivity index (χ4n) is 4.15. The van der Waals surface area contributed by atoms with E-state index in [9.17, 15) is 14.0 Å². The molecule has 2 aromatic carbocycles. The number of carbonyl (C=O) groups is 2. The van der Waals surface area contributed by atoms with Crippen LogP contribution in [0.4, 0.5) is 10.2 Å². The van der Waals surface area contributed by atoms with E-state index in [1.165, 1.54) is 25.3 Å². The van der Waals surface area contributed by atoms with E-state index < -0.39 is 11.8 Å².